The number of hydrogen-bond donors (Lipinski definition) is 1. The van der Waals surface area contributed by atoms with Gasteiger partial charge in [-0.05, 0) is 0 Å². The lowest BCUT2D eigenvalue weighted by molar-refractivity contribution is 0.0460. The first kappa shape index (κ1) is 12.1. The lowest BCUT2D eigenvalue weighted by Gasteiger charge is -2.38. The van der Waals surface area contributed by atoms with Gasteiger partial charge in [-0.15, -0.1) is 0 Å². The standard InChI is InChI=1S/C11H17N3O3/c1-12-9(3-10(16)13(2)11(12)17)6-14-4-8(5-14)7-15/h3,8,15H,4-7H2,1-2H3. The third kappa shape index (κ3) is 2.18. The van der Waals surface area contributed by atoms with Gasteiger partial charge in [-0.3, -0.25) is 18.8 Å². The van der Waals surface area contributed by atoms with Crippen molar-refractivity contribution in [3.05, 3.63) is 32.6 Å². The van der Waals surface area contributed by atoms with Crippen molar-refractivity contribution in [1.82, 2.24) is 14.0 Å². The predicted molar refractivity (Wildman–Crippen MR) is 62.8 cm³/mol. The summed E-state index contributed by atoms with van der Waals surface area (Å²) in [6.07, 6.45) is 0. The molecule has 0 aromatic carbocycles. The number of likely N-dealkylation sites (tertiary alicyclic amines) is 1. The zero-order valence-corrected chi connectivity index (χ0v) is 10.1. The molecule has 2 rings (SSSR count). The van der Waals surface area contributed by atoms with Crippen molar-refractivity contribution < 1.29 is 5.11 Å². The van der Waals surface area contributed by atoms with E-state index in [9.17, 15) is 9.59 Å². The van der Waals surface area contributed by atoms with Crippen molar-refractivity contribution in [2.45, 2.75) is 6.54 Å². The Bertz CT molecular complexity index is 526. The highest BCUT2D eigenvalue weighted by atomic mass is 16.3. The van der Waals surface area contributed by atoms with Gasteiger partial charge in [-0.25, -0.2) is 4.79 Å². The molecule has 0 atom stereocenters. The van der Waals surface area contributed by atoms with Gasteiger partial charge in [0.15, 0.2) is 0 Å². The van der Waals surface area contributed by atoms with Crippen molar-refractivity contribution in [1.29, 1.82) is 0 Å². The first-order valence-corrected chi connectivity index (χ1v) is 5.62. The van der Waals surface area contributed by atoms with E-state index < -0.39 is 0 Å². The maximum Gasteiger partial charge on any atom is 0.330 e. The lowest BCUT2D eigenvalue weighted by Crippen LogP contribution is -2.49. The Labute approximate surface area is 98.7 Å². The largest absolute Gasteiger partial charge is 0.396 e. The van der Waals surface area contributed by atoms with Crippen LogP contribution in [0.3, 0.4) is 0 Å². The van der Waals surface area contributed by atoms with E-state index >= 15 is 0 Å². The summed E-state index contributed by atoms with van der Waals surface area (Å²) >= 11 is 0. The number of aliphatic hydroxyl groups is 1. The molecule has 2 heterocycles. The Kier molecular flexibility index (Phi) is 3.17. The highest BCUT2D eigenvalue weighted by molar-refractivity contribution is 5.03. The topological polar surface area (TPSA) is 67.5 Å². The summed E-state index contributed by atoms with van der Waals surface area (Å²) in [4.78, 5) is 25.3. The maximum absolute atomic E-state index is 11.7. The number of aromatic nitrogens is 2. The van der Waals surface area contributed by atoms with Gasteiger partial charge in [0, 0.05) is 58.0 Å². The van der Waals surface area contributed by atoms with Gasteiger partial charge in [0.25, 0.3) is 5.56 Å². The van der Waals surface area contributed by atoms with Crippen LogP contribution in [0, 0.1) is 5.92 Å². The average Bonchev–Trinajstić information content (AvgIpc) is 2.26. The molecule has 0 unspecified atom stereocenters. The number of hydrogen-bond acceptors (Lipinski definition) is 4. The average molecular weight is 239 g/mol. The Morgan fingerprint density at radius 3 is 2.53 bits per heavy atom. The van der Waals surface area contributed by atoms with E-state index in [1.54, 1.807) is 7.05 Å². The van der Waals surface area contributed by atoms with E-state index in [0.29, 0.717) is 12.5 Å². The summed E-state index contributed by atoms with van der Waals surface area (Å²) < 4.78 is 2.59. The minimum absolute atomic E-state index is 0.200. The molecule has 1 fully saturated rings. The van der Waals surface area contributed by atoms with E-state index in [2.05, 4.69) is 4.90 Å². The van der Waals surface area contributed by atoms with E-state index in [-0.39, 0.29) is 17.9 Å². The van der Waals surface area contributed by atoms with Crippen LogP contribution in [0.2, 0.25) is 0 Å². The van der Waals surface area contributed by atoms with Gasteiger partial charge >= 0.3 is 5.69 Å². The Balaban J connectivity index is 2.18. The molecule has 0 radical (unpaired) electrons. The molecule has 6 heteroatoms. The third-order valence-corrected chi connectivity index (χ3v) is 3.30. The molecule has 17 heavy (non-hydrogen) atoms. The molecular weight excluding hydrogens is 222 g/mol. The van der Waals surface area contributed by atoms with E-state index in [1.165, 1.54) is 17.7 Å². The number of aliphatic hydroxyl groups excluding tert-OH is 1. The summed E-state index contributed by atoms with van der Waals surface area (Å²) in [5, 5.41) is 8.91. The fourth-order valence-corrected chi connectivity index (χ4v) is 2.08. The van der Waals surface area contributed by atoms with Gasteiger partial charge in [0.2, 0.25) is 0 Å². The summed E-state index contributed by atoms with van der Waals surface area (Å²) in [5.41, 5.74) is 0.142. The molecule has 94 valence electrons. The van der Waals surface area contributed by atoms with Crippen LogP contribution in [0.4, 0.5) is 0 Å². The highest BCUT2D eigenvalue weighted by Gasteiger charge is 2.26. The molecule has 1 aliphatic heterocycles. The first-order valence-electron chi connectivity index (χ1n) is 5.62. The molecule has 0 spiro atoms. The summed E-state index contributed by atoms with van der Waals surface area (Å²) in [6.45, 7) is 2.42. The molecule has 1 saturated heterocycles. The van der Waals surface area contributed by atoms with Crippen molar-refractivity contribution in [2.75, 3.05) is 19.7 Å². The van der Waals surface area contributed by atoms with Crippen LogP contribution in [0.15, 0.2) is 15.7 Å². The lowest BCUT2D eigenvalue weighted by atomic mass is 10.0. The van der Waals surface area contributed by atoms with E-state index in [0.717, 1.165) is 23.4 Å². The third-order valence-electron chi connectivity index (χ3n) is 3.30. The summed E-state index contributed by atoms with van der Waals surface area (Å²) in [6, 6.07) is 1.49. The molecule has 0 bridgehead atoms. The second-order valence-corrected chi connectivity index (χ2v) is 4.62. The van der Waals surface area contributed by atoms with Crippen LogP contribution in [0.1, 0.15) is 5.69 Å². The fourth-order valence-electron chi connectivity index (χ4n) is 2.08. The Morgan fingerprint density at radius 1 is 1.29 bits per heavy atom. The second kappa shape index (κ2) is 4.46. The van der Waals surface area contributed by atoms with Gasteiger partial charge in [0.1, 0.15) is 0 Å². The Morgan fingerprint density at radius 2 is 1.94 bits per heavy atom. The van der Waals surface area contributed by atoms with Crippen molar-refractivity contribution in [2.24, 2.45) is 20.0 Å². The molecule has 0 saturated carbocycles. The predicted octanol–water partition coefficient (Wildman–Crippen LogP) is -1.49. The van der Waals surface area contributed by atoms with E-state index in [1.807, 2.05) is 0 Å². The fraction of sp³-hybridized carbons (Fsp3) is 0.636. The van der Waals surface area contributed by atoms with Gasteiger partial charge < -0.3 is 5.11 Å². The smallest absolute Gasteiger partial charge is 0.330 e. The van der Waals surface area contributed by atoms with Gasteiger partial charge in [-0.1, -0.05) is 0 Å². The molecule has 1 N–H and O–H groups in total. The minimum atomic E-state index is -0.299. The SMILES string of the molecule is Cn1c(CN2CC(CO)C2)cc(=O)n(C)c1=O. The maximum atomic E-state index is 11.7. The summed E-state index contributed by atoms with van der Waals surface area (Å²) in [5.74, 6) is 0.332. The molecule has 1 aromatic rings. The van der Waals surface area contributed by atoms with Crippen LogP contribution in [0.5, 0.6) is 0 Å². The van der Waals surface area contributed by atoms with Crippen LogP contribution in [-0.2, 0) is 20.6 Å². The quantitative estimate of drug-likeness (QED) is 0.697. The van der Waals surface area contributed by atoms with Gasteiger partial charge in [0.05, 0.1) is 0 Å². The second-order valence-electron chi connectivity index (χ2n) is 4.62. The minimum Gasteiger partial charge on any atom is -0.396 e. The Hall–Kier alpha value is -1.40. The van der Waals surface area contributed by atoms with Crippen molar-refractivity contribution >= 4 is 0 Å². The highest BCUT2D eigenvalue weighted by Crippen LogP contribution is 2.16. The monoisotopic (exact) mass is 239 g/mol. The van der Waals surface area contributed by atoms with E-state index in [4.69, 9.17) is 5.11 Å². The molecule has 1 aliphatic rings. The normalized spacial score (nSPS) is 17.1. The molecule has 1 aromatic heterocycles. The van der Waals surface area contributed by atoms with Crippen LogP contribution in [-0.4, -0.2) is 38.8 Å². The van der Waals surface area contributed by atoms with Crippen LogP contribution >= 0.6 is 0 Å². The van der Waals surface area contributed by atoms with Gasteiger partial charge in [-0.2, -0.15) is 0 Å². The van der Waals surface area contributed by atoms with Crippen LogP contribution in [0.25, 0.3) is 0 Å². The number of nitrogens with zero attached hydrogens (tertiary/aromatic N) is 3. The first-order chi connectivity index (χ1) is 8.02. The zero-order valence-electron chi connectivity index (χ0n) is 10.1. The summed E-state index contributed by atoms with van der Waals surface area (Å²) in [7, 11) is 3.14. The van der Waals surface area contributed by atoms with Crippen LogP contribution < -0.4 is 11.2 Å². The number of rotatable bonds is 3. The zero-order chi connectivity index (χ0) is 12.6. The molecule has 6 nitrogen and oxygen atoms in total. The van der Waals surface area contributed by atoms with Crippen molar-refractivity contribution in [3.8, 4) is 0 Å². The molecular formula is C11H17N3O3. The van der Waals surface area contributed by atoms with Crippen molar-refractivity contribution in [3.63, 3.8) is 0 Å². The molecule has 0 aliphatic carbocycles. The molecule has 0 amide bonds.